The van der Waals surface area contributed by atoms with Crippen molar-refractivity contribution >= 4 is 0 Å². The van der Waals surface area contributed by atoms with Gasteiger partial charge in [0.2, 0.25) is 0 Å². The fraction of sp³-hybridized carbons (Fsp3) is 0.667. The van der Waals surface area contributed by atoms with Gasteiger partial charge in [0.15, 0.2) is 0 Å². The van der Waals surface area contributed by atoms with Crippen LogP contribution in [0.2, 0.25) is 0 Å². The second-order valence-corrected chi connectivity index (χ2v) is 5.98. The van der Waals surface area contributed by atoms with Crippen LogP contribution in [0.15, 0.2) is 18.2 Å². The Labute approximate surface area is 129 Å². The third-order valence-electron chi connectivity index (χ3n) is 4.47. The van der Waals surface area contributed by atoms with Crippen LogP contribution in [0.4, 0.5) is 0 Å². The summed E-state index contributed by atoms with van der Waals surface area (Å²) in [4.78, 5) is 0. The minimum absolute atomic E-state index is 0.411. The van der Waals surface area contributed by atoms with Crippen molar-refractivity contribution in [1.29, 1.82) is 0 Å². The zero-order chi connectivity index (χ0) is 15.1. The van der Waals surface area contributed by atoms with E-state index < -0.39 is 0 Å². The van der Waals surface area contributed by atoms with Gasteiger partial charge in [-0.2, -0.15) is 0 Å². The highest BCUT2D eigenvalue weighted by Gasteiger charge is 2.25. The molecule has 0 saturated heterocycles. The van der Waals surface area contributed by atoms with E-state index in [1.807, 2.05) is 6.07 Å². The van der Waals surface area contributed by atoms with E-state index in [-0.39, 0.29) is 0 Å². The first-order valence-electron chi connectivity index (χ1n) is 8.24. The maximum absolute atomic E-state index is 5.43. The molecular formula is C18H29NO2. The molecule has 2 rings (SSSR count). The first-order chi connectivity index (χ1) is 10.3. The molecule has 1 aromatic carbocycles. The summed E-state index contributed by atoms with van der Waals surface area (Å²) in [7, 11) is 3.43. The molecule has 1 unspecified atom stereocenters. The van der Waals surface area contributed by atoms with Crippen LogP contribution in [0.1, 0.15) is 57.1 Å². The molecule has 0 spiro atoms. The smallest absolute Gasteiger partial charge is 0.122 e. The molecule has 1 fully saturated rings. The highest BCUT2D eigenvalue weighted by Crippen LogP contribution is 2.37. The molecule has 1 aliphatic rings. The number of nitrogens with one attached hydrogen (secondary N) is 1. The number of hydrogen-bond donors (Lipinski definition) is 1. The van der Waals surface area contributed by atoms with Gasteiger partial charge in [-0.15, -0.1) is 0 Å². The molecule has 0 heterocycles. The molecular weight excluding hydrogens is 262 g/mol. The fourth-order valence-corrected chi connectivity index (χ4v) is 3.33. The lowest BCUT2D eigenvalue weighted by molar-refractivity contribution is 0.270. The monoisotopic (exact) mass is 291 g/mol. The van der Waals surface area contributed by atoms with Crippen LogP contribution in [-0.2, 0) is 0 Å². The minimum Gasteiger partial charge on any atom is -0.497 e. The van der Waals surface area contributed by atoms with Crippen LogP contribution in [0.5, 0.6) is 11.5 Å². The predicted octanol–water partition coefficient (Wildman–Crippen LogP) is 4.32. The Balaban J connectivity index is 2.25. The van der Waals surface area contributed by atoms with Crippen LogP contribution in [0, 0.1) is 5.92 Å². The summed E-state index contributed by atoms with van der Waals surface area (Å²) in [5.74, 6) is 2.48. The van der Waals surface area contributed by atoms with Gasteiger partial charge < -0.3 is 14.8 Å². The maximum atomic E-state index is 5.43. The second kappa shape index (κ2) is 8.28. The summed E-state index contributed by atoms with van der Waals surface area (Å²) >= 11 is 0. The van der Waals surface area contributed by atoms with Crippen LogP contribution in [-0.4, -0.2) is 20.8 Å². The number of methoxy groups -OCH3 is 2. The number of ether oxygens (including phenoxy) is 2. The molecule has 0 aromatic heterocycles. The Kier molecular flexibility index (Phi) is 6.37. The van der Waals surface area contributed by atoms with Crippen molar-refractivity contribution < 1.29 is 9.47 Å². The molecule has 0 aliphatic heterocycles. The van der Waals surface area contributed by atoms with Crippen molar-refractivity contribution in [3.05, 3.63) is 23.8 Å². The zero-order valence-corrected chi connectivity index (χ0v) is 13.7. The molecule has 1 atom stereocenters. The summed E-state index contributed by atoms with van der Waals surface area (Å²) in [6.45, 7) is 3.28. The number of rotatable bonds is 7. The lowest BCUT2D eigenvalue weighted by atomic mass is 9.81. The van der Waals surface area contributed by atoms with Gasteiger partial charge in [0.25, 0.3) is 0 Å². The average Bonchev–Trinajstić information content (AvgIpc) is 2.55. The second-order valence-electron chi connectivity index (χ2n) is 5.98. The average molecular weight is 291 g/mol. The fourth-order valence-electron chi connectivity index (χ4n) is 3.33. The zero-order valence-electron chi connectivity index (χ0n) is 13.7. The highest BCUT2D eigenvalue weighted by atomic mass is 16.5. The molecule has 118 valence electrons. The number of hydrogen-bond acceptors (Lipinski definition) is 3. The molecule has 1 N–H and O–H groups in total. The van der Waals surface area contributed by atoms with Crippen molar-refractivity contribution in [2.45, 2.75) is 51.5 Å². The Morgan fingerprint density at radius 3 is 2.19 bits per heavy atom. The Morgan fingerprint density at radius 2 is 1.67 bits per heavy atom. The van der Waals surface area contributed by atoms with Crippen molar-refractivity contribution in [3.63, 3.8) is 0 Å². The molecule has 1 aromatic rings. The van der Waals surface area contributed by atoms with Gasteiger partial charge in [-0.1, -0.05) is 26.2 Å². The molecule has 3 nitrogen and oxygen atoms in total. The largest absolute Gasteiger partial charge is 0.497 e. The van der Waals surface area contributed by atoms with Crippen LogP contribution in [0.3, 0.4) is 0 Å². The van der Waals surface area contributed by atoms with Crippen molar-refractivity contribution in [2.75, 3.05) is 20.8 Å². The van der Waals surface area contributed by atoms with Crippen LogP contribution >= 0.6 is 0 Å². The highest BCUT2D eigenvalue weighted by molar-refractivity contribution is 5.40. The third-order valence-corrected chi connectivity index (χ3v) is 4.47. The van der Waals surface area contributed by atoms with Gasteiger partial charge in [-0.25, -0.2) is 0 Å². The van der Waals surface area contributed by atoms with E-state index in [1.54, 1.807) is 14.2 Å². The van der Waals surface area contributed by atoms with E-state index in [0.717, 1.165) is 30.4 Å². The lowest BCUT2D eigenvalue weighted by Gasteiger charge is -2.32. The Morgan fingerprint density at radius 1 is 1.05 bits per heavy atom. The van der Waals surface area contributed by atoms with E-state index in [9.17, 15) is 0 Å². The van der Waals surface area contributed by atoms with Gasteiger partial charge >= 0.3 is 0 Å². The summed E-state index contributed by atoms with van der Waals surface area (Å²) in [5, 5.41) is 3.75. The van der Waals surface area contributed by atoms with Crippen LogP contribution in [0.25, 0.3) is 0 Å². The summed E-state index contributed by atoms with van der Waals surface area (Å²) < 4.78 is 10.9. The minimum atomic E-state index is 0.411. The summed E-state index contributed by atoms with van der Waals surface area (Å²) in [6, 6.07) is 6.67. The van der Waals surface area contributed by atoms with E-state index in [4.69, 9.17) is 9.47 Å². The van der Waals surface area contributed by atoms with Crippen molar-refractivity contribution in [1.82, 2.24) is 5.32 Å². The molecule has 21 heavy (non-hydrogen) atoms. The Hall–Kier alpha value is -1.22. The Bertz CT molecular complexity index is 405. The van der Waals surface area contributed by atoms with Crippen molar-refractivity contribution in [3.8, 4) is 11.5 Å². The summed E-state index contributed by atoms with van der Waals surface area (Å²) in [6.07, 6.45) is 7.90. The third kappa shape index (κ3) is 4.37. The quantitative estimate of drug-likeness (QED) is 0.811. The number of benzene rings is 1. The van der Waals surface area contributed by atoms with Crippen molar-refractivity contribution in [2.24, 2.45) is 5.92 Å². The summed E-state index contributed by atoms with van der Waals surface area (Å²) in [5.41, 5.74) is 1.30. The van der Waals surface area contributed by atoms with Crippen LogP contribution < -0.4 is 14.8 Å². The van der Waals surface area contributed by atoms with Gasteiger partial charge in [0.1, 0.15) is 11.5 Å². The van der Waals surface area contributed by atoms with E-state index in [2.05, 4.69) is 24.4 Å². The molecule has 0 radical (unpaired) electrons. The standard InChI is InChI=1S/C18H29NO2/c1-4-10-19-18(14-8-6-5-7-9-14)15-11-16(20-2)13-17(12-15)21-3/h11-14,18-19H,4-10H2,1-3H3. The first kappa shape index (κ1) is 16.2. The topological polar surface area (TPSA) is 30.5 Å². The van der Waals surface area contributed by atoms with E-state index >= 15 is 0 Å². The molecule has 1 saturated carbocycles. The maximum Gasteiger partial charge on any atom is 0.122 e. The van der Waals surface area contributed by atoms with Gasteiger partial charge in [-0.3, -0.25) is 0 Å². The lowest BCUT2D eigenvalue weighted by Crippen LogP contribution is -2.30. The predicted molar refractivity (Wildman–Crippen MR) is 87.2 cm³/mol. The van der Waals surface area contributed by atoms with Gasteiger partial charge in [-0.05, 0) is 49.4 Å². The normalized spacial score (nSPS) is 17.5. The molecule has 1 aliphatic carbocycles. The van der Waals surface area contributed by atoms with E-state index in [0.29, 0.717) is 6.04 Å². The van der Waals surface area contributed by atoms with E-state index in [1.165, 1.54) is 37.7 Å². The molecule has 0 amide bonds. The van der Waals surface area contributed by atoms with Gasteiger partial charge in [0, 0.05) is 12.1 Å². The van der Waals surface area contributed by atoms with Gasteiger partial charge in [0.05, 0.1) is 14.2 Å². The molecule has 0 bridgehead atoms. The molecule has 3 heteroatoms. The first-order valence-corrected chi connectivity index (χ1v) is 8.24. The SMILES string of the molecule is CCCNC(c1cc(OC)cc(OC)c1)C1CCCCC1.